The minimum atomic E-state index is -3.73. The van der Waals surface area contributed by atoms with Crippen LogP contribution in [-0.4, -0.2) is 32.7 Å². The molecule has 2 aromatic rings. The summed E-state index contributed by atoms with van der Waals surface area (Å²) < 4.78 is 45.0. The Hall–Kier alpha value is -2.61. The molecule has 0 aromatic heterocycles. The van der Waals surface area contributed by atoms with Crippen molar-refractivity contribution >= 4 is 21.6 Å². The number of nitrogens with one attached hydrogen (secondary N) is 1. The van der Waals surface area contributed by atoms with Crippen LogP contribution in [0.4, 0.5) is 10.1 Å². The molecule has 0 bridgehead atoms. The van der Waals surface area contributed by atoms with Crippen LogP contribution >= 0.6 is 0 Å². The summed E-state index contributed by atoms with van der Waals surface area (Å²) in [6.07, 6.45) is 3.19. The maximum atomic E-state index is 13.2. The average Bonchev–Trinajstić information content (AvgIpc) is 2.72. The van der Waals surface area contributed by atoms with Crippen molar-refractivity contribution < 1.29 is 22.3 Å². The fourth-order valence-corrected chi connectivity index (χ4v) is 4.66. The lowest BCUT2D eigenvalue weighted by molar-refractivity contribution is -0.121. The third-order valence-electron chi connectivity index (χ3n) is 5.62. The van der Waals surface area contributed by atoms with E-state index in [1.54, 1.807) is 0 Å². The van der Waals surface area contributed by atoms with Crippen LogP contribution in [0.15, 0.2) is 48.5 Å². The third-order valence-corrected chi connectivity index (χ3v) is 6.76. The standard InChI is InChI=1S/C22H27FN2O4S/c1-4-22(5-2)14-19(18-8-6-7-9-20(18)29-22)24-21(26)15-25(30(3,27)28)17-12-10-16(23)11-13-17/h6-13,19H,4-5,14-15H2,1-3H3,(H,24,26). The van der Waals surface area contributed by atoms with Crippen LogP contribution in [0.25, 0.3) is 0 Å². The van der Waals surface area contributed by atoms with Crippen molar-refractivity contribution in [3.8, 4) is 5.75 Å². The second-order valence-electron chi connectivity index (χ2n) is 7.60. The first-order valence-corrected chi connectivity index (χ1v) is 11.8. The van der Waals surface area contributed by atoms with E-state index >= 15 is 0 Å². The quantitative estimate of drug-likeness (QED) is 0.719. The number of hydrogen-bond donors (Lipinski definition) is 1. The number of sulfonamides is 1. The number of anilines is 1. The fraction of sp³-hybridized carbons (Fsp3) is 0.409. The lowest BCUT2D eigenvalue weighted by atomic mass is 9.83. The molecule has 2 aromatic carbocycles. The molecule has 1 aliphatic rings. The summed E-state index contributed by atoms with van der Waals surface area (Å²) in [5, 5.41) is 2.98. The molecular weight excluding hydrogens is 407 g/mol. The van der Waals surface area contributed by atoms with Gasteiger partial charge in [0, 0.05) is 12.0 Å². The number of fused-ring (bicyclic) bond motifs is 1. The zero-order valence-corrected chi connectivity index (χ0v) is 18.2. The predicted octanol–water partition coefficient (Wildman–Crippen LogP) is 3.79. The van der Waals surface area contributed by atoms with Crippen LogP contribution < -0.4 is 14.4 Å². The van der Waals surface area contributed by atoms with E-state index in [0.29, 0.717) is 6.42 Å². The number of para-hydroxylation sites is 1. The van der Waals surface area contributed by atoms with Gasteiger partial charge in [-0.05, 0) is 43.2 Å². The molecule has 162 valence electrons. The Morgan fingerprint density at radius 2 is 1.80 bits per heavy atom. The maximum absolute atomic E-state index is 13.2. The van der Waals surface area contributed by atoms with E-state index in [2.05, 4.69) is 19.2 Å². The highest BCUT2D eigenvalue weighted by Crippen LogP contribution is 2.42. The molecule has 3 rings (SSSR count). The summed E-state index contributed by atoms with van der Waals surface area (Å²) in [5.74, 6) is -0.185. The van der Waals surface area contributed by atoms with Gasteiger partial charge in [-0.3, -0.25) is 9.10 Å². The van der Waals surface area contributed by atoms with Crippen molar-refractivity contribution in [3.05, 3.63) is 59.9 Å². The lowest BCUT2D eigenvalue weighted by Crippen LogP contribution is -2.47. The van der Waals surface area contributed by atoms with Gasteiger partial charge in [-0.25, -0.2) is 12.8 Å². The molecule has 6 nitrogen and oxygen atoms in total. The highest BCUT2D eigenvalue weighted by molar-refractivity contribution is 7.92. The van der Waals surface area contributed by atoms with Gasteiger partial charge in [-0.1, -0.05) is 32.0 Å². The number of halogens is 1. The average molecular weight is 435 g/mol. The van der Waals surface area contributed by atoms with Crippen LogP contribution in [0.3, 0.4) is 0 Å². The van der Waals surface area contributed by atoms with Crippen molar-refractivity contribution in [2.75, 3.05) is 17.1 Å². The number of benzene rings is 2. The molecule has 1 N–H and O–H groups in total. The molecular formula is C22H27FN2O4S. The van der Waals surface area contributed by atoms with E-state index in [1.807, 2.05) is 24.3 Å². The topological polar surface area (TPSA) is 75.7 Å². The second kappa shape index (κ2) is 8.63. The van der Waals surface area contributed by atoms with Crippen molar-refractivity contribution in [2.24, 2.45) is 0 Å². The Morgan fingerprint density at radius 1 is 1.17 bits per heavy atom. The molecule has 30 heavy (non-hydrogen) atoms. The number of hydrogen-bond acceptors (Lipinski definition) is 4. The Morgan fingerprint density at radius 3 is 2.40 bits per heavy atom. The first kappa shape index (κ1) is 22.1. The van der Waals surface area contributed by atoms with Crippen LogP contribution in [0.2, 0.25) is 0 Å². The smallest absolute Gasteiger partial charge is 0.241 e. The first-order valence-electron chi connectivity index (χ1n) is 9.98. The lowest BCUT2D eigenvalue weighted by Gasteiger charge is -2.41. The van der Waals surface area contributed by atoms with Crippen LogP contribution in [-0.2, 0) is 14.8 Å². The van der Waals surface area contributed by atoms with Gasteiger partial charge in [0.1, 0.15) is 23.7 Å². The van der Waals surface area contributed by atoms with Crippen LogP contribution in [0, 0.1) is 5.82 Å². The molecule has 1 unspecified atom stereocenters. The van der Waals surface area contributed by atoms with E-state index in [9.17, 15) is 17.6 Å². The van der Waals surface area contributed by atoms with Gasteiger partial charge in [0.15, 0.2) is 0 Å². The summed E-state index contributed by atoms with van der Waals surface area (Å²) in [7, 11) is -3.73. The van der Waals surface area contributed by atoms with Crippen molar-refractivity contribution in [1.29, 1.82) is 0 Å². The van der Waals surface area contributed by atoms with Crippen LogP contribution in [0.1, 0.15) is 44.7 Å². The summed E-state index contributed by atoms with van der Waals surface area (Å²) >= 11 is 0. The van der Waals surface area contributed by atoms with E-state index in [0.717, 1.165) is 46.8 Å². The number of ether oxygens (including phenoxy) is 1. The van der Waals surface area contributed by atoms with E-state index in [-0.39, 0.29) is 17.3 Å². The number of carbonyl (C=O) groups excluding carboxylic acids is 1. The SMILES string of the molecule is CCC1(CC)CC(NC(=O)CN(c2ccc(F)cc2)S(C)(=O)=O)c2ccccc2O1. The van der Waals surface area contributed by atoms with Crippen LogP contribution in [0.5, 0.6) is 5.75 Å². The predicted molar refractivity (Wildman–Crippen MR) is 114 cm³/mol. The third kappa shape index (κ3) is 4.75. The Bertz CT molecular complexity index is 1000. The van der Waals surface area contributed by atoms with Crippen molar-refractivity contribution in [3.63, 3.8) is 0 Å². The van der Waals surface area contributed by atoms with Gasteiger partial charge >= 0.3 is 0 Å². The normalized spacial score (nSPS) is 17.5. The van der Waals surface area contributed by atoms with Gasteiger partial charge in [0.25, 0.3) is 0 Å². The molecule has 0 aliphatic carbocycles. The summed E-state index contributed by atoms with van der Waals surface area (Å²) in [4.78, 5) is 12.9. The van der Waals surface area contributed by atoms with E-state index in [4.69, 9.17) is 4.74 Å². The van der Waals surface area contributed by atoms with E-state index < -0.39 is 28.3 Å². The summed E-state index contributed by atoms with van der Waals surface area (Å²) in [5.41, 5.74) is 0.716. The Labute approximate surface area is 177 Å². The highest BCUT2D eigenvalue weighted by Gasteiger charge is 2.39. The Balaban J connectivity index is 1.84. The van der Waals surface area contributed by atoms with Gasteiger partial charge in [-0.2, -0.15) is 0 Å². The molecule has 0 saturated heterocycles. The van der Waals surface area contributed by atoms with Crippen molar-refractivity contribution in [1.82, 2.24) is 5.32 Å². The molecule has 1 aliphatic heterocycles. The molecule has 0 radical (unpaired) electrons. The minimum Gasteiger partial charge on any atom is -0.487 e. The fourth-order valence-electron chi connectivity index (χ4n) is 3.81. The zero-order valence-electron chi connectivity index (χ0n) is 17.4. The second-order valence-corrected chi connectivity index (χ2v) is 9.51. The highest BCUT2D eigenvalue weighted by atomic mass is 32.2. The molecule has 1 atom stereocenters. The molecule has 0 saturated carbocycles. The minimum absolute atomic E-state index is 0.234. The maximum Gasteiger partial charge on any atom is 0.241 e. The molecule has 0 fully saturated rings. The number of amides is 1. The monoisotopic (exact) mass is 434 g/mol. The summed E-state index contributed by atoms with van der Waals surface area (Å²) in [6, 6.07) is 12.3. The van der Waals surface area contributed by atoms with Gasteiger partial charge in [0.05, 0.1) is 18.0 Å². The van der Waals surface area contributed by atoms with Gasteiger partial charge < -0.3 is 10.1 Å². The number of carbonyl (C=O) groups is 1. The molecule has 0 spiro atoms. The van der Waals surface area contributed by atoms with Crippen molar-refractivity contribution in [2.45, 2.75) is 44.8 Å². The number of rotatable bonds is 7. The zero-order chi connectivity index (χ0) is 21.9. The van der Waals surface area contributed by atoms with Gasteiger partial charge in [-0.15, -0.1) is 0 Å². The first-order chi connectivity index (χ1) is 14.2. The van der Waals surface area contributed by atoms with Gasteiger partial charge in [0.2, 0.25) is 15.9 Å². The largest absolute Gasteiger partial charge is 0.487 e. The van der Waals surface area contributed by atoms with E-state index in [1.165, 1.54) is 12.1 Å². The molecule has 1 amide bonds. The number of nitrogens with zero attached hydrogens (tertiary/aromatic N) is 1. The summed E-state index contributed by atoms with van der Waals surface area (Å²) in [6.45, 7) is 3.71. The molecule has 8 heteroatoms. The Kier molecular flexibility index (Phi) is 6.36. The molecule has 1 heterocycles.